The molecular formula is C15H14N2O4S. The van der Waals surface area contributed by atoms with Crippen molar-refractivity contribution in [3.8, 4) is 11.5 Å². The maximum absolute atomic E-state index is 12.1. The van der Waals surface area contributed by atoms with Crippen molar-refractivity contribution in [3.63, 3.8) is 0 Å². The zero-order chi connectivity index (χ0) is 15.6. The van der Waals surface area contributed by atoms with Gasteiger partial charge in [0.15, 0.2) is 11.5 Å². The van der Waals surface area contributed by atoms with Crippen LogP contribution in [0.3, 0.4) is 0 Å². The Balaban J connectivity index is 1.65. The Morgan fingerprint density at radius 2 is 2.27 bits per heavy atom. The first-order valence-electron chi connectivity index (χ1n) is 6.61. The van der Waals surface area contributed by atoms with Crippen LogP contribution in [0.4, 0.5) is 0 Å². The lowest BCUT2D eigenvalue weighted by Crippen LogP contribution is -2.38. The SMILES string of the molecule is C[C@@](O)(CNC(=O)c1cc(-c2ccco2)on1)c1cccs1. The predicted molar refractivity (Wildman–Crippen MR) is 80.4 cm³/mol. The van der Waals surface area contributed by atoms with Crippen LogP contribution in [0.5, 0.6) is 0 Å². The third kappa shape index (κ3) is 2.95. The quantitative estimate of drug-likeness (QED) is 0.755. The summed E-state index contributed by atoms with van der Waals surface area (Å²) in [5.74, 6) is 0.454. The number of nitrogens with zero attached hydrogens (tertiary/aromatic N) is 1. The minimum absolute atomic E-state index is 0.0787. The van der Waals surface area contributed by atoms with Crippen molar-refractivity contribution in [1.29, 1.82) is 0 Å². The van der Waals surface area contributed by atoms with Crippen LogP contribution in [0.25, 0.3) is 11.5 Å². The normalized spacial score (nSPS) is 13.7. The van der Waals surface area contributed by atoms with Gasteiger partial charge in [0.2, 0.25) is 5.76 Å². The molecule has 0 aliphatic carbocycles. The van der Waals surface area contributed by atoms with Crippen molar-refractivity contribution in [1.82, 2.24) is 10.5 Å². The second-order valence-electron chi connectivity index (χ2n) is 4.99. The van der Waals surface area contributed by atoms with Crippen molar-refractivity contribution >= 4 is 17.2 Å². The highest BCUT2D eigenvalue weighted by molar-refractivity contribution is 7.10. The number of furan rings is 1. The summed E-state index contributed by atoms with van der Waals surface area (Å²) in [7, 11) is 0. The third-order valence-electron chi connectivity index (χ3n) is 3.15. The maximum atomic E-state index is 12.1. The van der Waals surface area contributed by atoms with Gasteiger partial charge in [-0.3, -0.25) is 4.79 Å². The number of amides is 1. The van der Waals surface area contributed by atoms with Crippen LogP contribution in [0, 0.1) is 0 Å². The lowest BCUT2D eigenvalue weighted by molar-refractivity contribution is 0.0554. The molecule has 22 heavy (non-hydrogen) atoms. The minimum Gasteiger partial charge on any atom is -0.461 e. The molecule has 0 radical (unpaired) electrons. The van der Waals surface area contributed by atoms with Crippen molar-refractivity contribution in [2.45, 2.75) is 12.5 Å². The van der Waals surface area contributed by atoms with Crippen LogP contribution in [-0.4, -0.2) is 22.7 Å². The Bertz CT molecular complexity index is 744. The predicted octanol–water partition coefficient (Wildman–Crippen LogP) is 2.63. The van der Waals surface area contributed by atoms with Gasteiger partial charge in [-0.2, -0.15) is 0 Å². The van der Waals surface area contributed by atoms with E-state index in [1.807, 2.05) is 17.5 Å². The average molecular weight is 318 g/mol. The van der Waals surface area contributed by atoms with E-state index < -0.39 is 11.5 Å². The molecule has 3 aromatic heterocycles. The van der Waals surface area contributed by atoms with E-state index in [-0.39, 0.29) is 12.2 Å². The Kier molecular flexibility index (Phi) is 3.82. The molecule has 114 valence electrons. The van der Waals surface area contributed by atoms with Crippen molar-refractivity contribution in [3.05, 3.63) is 52.5 Å². The van der Waals surface area contributed by atoms with Gasteiger partial charge in [-0.15, -0.1) is 11.3 Å². The van der Waals surface area contributed by atoms with E-state index >= 15 is 0 Å². The number of carbonyl (C=O) groups excluding carboxylic acids is 1. The van der Waals surface area contributed by atoms with Gasteiger partial charge >= 0.3 is 0 Å². The topological polar surface area (TPSA) is 88.5 Å². The smallest absolute Gasteiger partial charge is 0.273 e. The number of rotatable bonds is 5. The summed E-state index contributed by atoms with van der Waals surface area (Å²) in [6.45, 7) is 1.73. The van der Waals surface area contributed by atoms with E-state index in [0.29, 0.717) is 11.5 Å². The Morgan fingerprint density at radius 3 is 2.95 bits per heavy atom. The zero-order valence-electron chi connectivity index (χ0n) is 11.8. The summed E-state index contributed by atoms with van der Waals surface area (Å²) in [4.78, 5) is 12.9. The lowest BCUT2D eigenvalue weighted by Gasteiger charge is -2.21. The van der Waals surface area contributed by atoms with Gasteiger partial charge in [0.25, 0.3) is 5.91 Å². The van der Waals surface area contributed by atoms with E-state index in [1.165, 1.54) is 23.7 Å². The second-order valence-corrected chi connectivity index (χ2v) is 5.94. The molecule has 7 heteroatoms. The van der Waals surface area contributed by atoms with Crippen LogP contribution in [0.15, 0.2) is 50.9 Å². The lowest BCUT2D eigenvalue weighted by atomic mass is 10.1. The number of aliphatic hydroxyl groups is 1. The van der Waals surface area contributed by atoms with Gasteiger partial charge in [0, 0.05) is 10.9 Å². The monoisotopic (exact) mass is 318 g/mol. The van der Waals surface area contributed by atoms with E-state index in [9.17, 15) is 9.90 Å². The standard InChI is InChI=1S/C15H14N2O4S/c1-15(19,13-5-3-7-22-13)9-16-14(18)10-8-12(21-17-10)11-4-2-6-20-11/h2-8,19H,9H2,1H3,(H,16,18)/t15-/m1/s1. The number of hydrogen-bond donors (Lipinski definition) is 2. The number of thiophene rings is 1. The summed E-state index contributed by atoms with van der Waals surface area (Å²) in [6, 6.07) is 8.60. The second kappa shape index (κ2) is 5.78. The molecule has 0 unspecified atom stereocenters. The van der Waals surface area contributed by atoms with Crippen molar-refractivity contribution in [2.75, 3.05) is 6.54 Å². The average Bonchev–Trinajstić information content (AvgIpc) is 3.26. The van der Waals surface area contributed by atoms with Gasteiger partial charge < -0.3 is 19.4 Å². The van der Waals surface area contributed by atoms with Crippen LogP contribution in [0.2, 0.25) is 0 Å². The molecule has 0 aromatic carbocycles. The number of carbonyl (C=O) groups is 1. The largest absolute Gasteiger partial charge is 0.461 e. The highest BCUT2D eigenvalue weighted by Gasteiger charge is 2.26. The first-order valence-corrected chi connectivity index (χ1v) is 7.49. The molecule has 0 saturated heterocycles. The fourth-order valence-corrected chi connectivity index (χ4v) is 2.72. The van der Waals surface area contributed by atoms with E-state index in [1.54, 1.807) is 19.1 Å². The highest BCUT2D eigenvalue weighted by Crippen LogP contribution is 2.25. The third-order valence-corrected chi connectivity index (χ3v) is 4.27. The van der Waals surface area contributed by atoms with Crippen LogP contribution >= 0.6 is 11.3 Å². The number of nitrogens with one attached hydrogen (secondary N) is 1. The summed E-state index contributed by atoms with van der Waals surface area (Å²) in [5, 5.41) is 18.6. The van der Waals surface area contributed by atoms with Crippen molar-refractivity contribution < 1.29 is 18.8 Å². The molecule has 1 atom stereocenters. The Hall–Kier alpha value is -2.38. The molecule has 0 bridgehead atoms. The van der Waals surface area contributed by atoms with E-state index in [2.05, 4.69) is 10.5 Å². The molecule has 2 N–H and O–H groups in total. The minimum atomic E-state index is -1.13. The molecule has 3 heterocycles. The molecule has 0 aliphatic heterocycles. The fourth-order valence-electron chi connectivity index (χ4n) is 1.93. The van der Waals surface area contributed by atoms with E-state index in [4.69, 9.17) is 8.94 Å². The molecular weight excluding hydrogens is 304 g/mol. The summed E-state index contributed by atoms with van der Waals surface area (Å²) in [6.07, 6.45) is 1.51. The van der Waals surface area contributed by atoms with Gasteiger partial charge in [-0.05, 0) is 30.5 Å². The Morgan fingerprint density at radius 1 is 1.41 bits per heavy atom. The molecule has 6 nitrogen and oxygen atoms in total. The summed E-state index contributed by atoms with van der Waals surface area (Å²) < 4.78 is 10.2. The van der Waals surface area contributed by atoms with Crippen LogP contribution in [0.1, 0.15) is 22.3 Å². The molecule has 3 rings (SSSR count). The van der Waals surface area contributed by atoms with Crippen LogP contribution in [-0.2, 0) is 5.60 Å². The summed E-state index contributed by atoms with van der Waals surface area (Å²) >= 11 is 1.43. The van der Waals surface area contributed by atoms with Gasteiger partial charge in [0.05, 0.1) is 12.8 Å². The van der Waals surface area contributed by atoms with Crippen LogP contribution < -0.4 is 5.32 Å². The highest BCUT2D eigenvalue weighted by atomic mass is 32.1. The molecule has 0 spiro atoms. The van der Waals surface area contributed by atoms with Gasteiger partial charge in [-0.1, -0.05) is 11.2 Å². The van der Waals surface area contributed by atoms with Crippen molar-refractivity contribution in [2.24, 2.45) is 0 Å². The zero-order valence-corrected chi connectivity index (χ0v) is 12.6. The van der Waals surface area contributed by atoms with E-state index in [0.717, 1.165) is 4.88 Å². The first kappa shape index (κ1) is 14.6. The molecule has 1 amide bonds. The molecule has 0 saturated carbocycles. The first-order chi connectivity index (χ1) is 10.6. The van der Waals surface area contributed by atoms with Gasteiger partial charge in [0.1, 0.15) is 5.60 Å². The molecule has 0 fully saturated rings. The Labute approximate surface area is 130 Å². The maximum Gasteiger partial charge on any atom is 0.273 e. The van der Waals surface area contributed by atoms with Gasteiger partial charge in [-0.25, -0.2) is 0 Å². The molecule has 0 aliphatic rings. The number of hydrogen-bond acceptors (Lipinski definition) is 6. The molecule has 3 aromatic rings. The number of aromatic nitrogens is 1. The summed E-state index contributed by atoms with van der Waals surface area (Å²) in [5.41, 5.74) is -0.995. The fraction of sp³-hybridized carbons (Fsp3) is 0.200.